The minimum absolute atomic E-state index is 0.0609. The molecule has 0 spiro atoms. The summed E-state index contributed by atoms with van der Waals surface area (Å²) in [5.41, 5.74) is 5.77. The van der Waals surface area contributed by atoms with Gasteiger partial charge >= 0.3 is 5.97 Å². The second kappa shape index (κ2) is 6.93. The quantitative estimate of drug-likeness (QED) is 0.631. The van der Waals surface area contributed by atoms with E-state index in [0.29, 0.717) is 12.1 Å². The molecule has 0 aliphatic carbocycles. The first-order valence-electron chi connectivity index (χ1n) is 8.31. The van der Waals surface area contributed by atoms with Gasteiger partial charge in [-0.2, -0.15) is 0 Å². The highest BCUT2D eigenvalue weighted by Crippen LogP contribution is 2.37. The number of carbonyl (C=O) groups excluding carboxylic acids is 2. The number of hydrogen-bond acceptors (Lipinski definition) is 3. The number of aryl methyl sites for hydroxylation is 2. The molecule has 0 unspecified atom stereocenters. The molecule has 128 valence electrons. The van der Waals surface area contributed by atoms with E-state index >= 15 is 0 Å². The van der Waals surface area contributed by atoms with Crippen molar-refractivity contribution in [1.82, 2.24) is 0 Å². The smallest absolute Gasteiger partial charge is 0.302 e. The van der Waals surface area contributed by atoms with Gasteiger partial charge in [-0.3, -0.25) is 9.59 Å². The Kier molecular flexibility index (Phi) is 4.70. The van der Waals surface area contributed by atoms with E-state index in [0.717, 1.165) is 27.9 Å². The van der Waals surface area contributed by atoms with E-state index in [2.05, 4.69) is 18.2 Å². The molecule has 0 bridgehead atoms. The summed E-state index contributed by atoms with van der Waals surface area (Å²) in [5.74, 6) is -0.402. The molecule has 0 radical (unpaired) electrons. The third-order valence-electron chi connectivity index (χ3n) is 4.32. The second-order valence-electron chi connectivity index (χ2n) is 6.23. The number of esters is 1. The summed E-state index contributed by atoms with van der Waals surface area (Å²) in [6.07, 6.45) is 1.95. The van der Waals surface area contributed by atoms with E-state index in [4.69, 9.17) is 4.74 Å². The maximum atomic E-state index is 13.0. The summed E-state index contributed by atoms with van der Waals surface area (Å²) in [6, 6.07) is 13.9. The SMILES string of the molecule is CC(=O)OCCN1C(=O)C(=Cc2cc(C)ccc2C)c2ccccc21. The Morgan fingerprint density at radius 3 is 2.68 bits per heavy atom. The Bertz CT molecular complexity index is 867. The number of fused-ring (bicyclic) bond motifs is 1. The van der Waals surface area contributed by atoms with Crippen LogP contribution in [0.2, 0.25) is 0 Å². The third-order valence-corrected chi connectivity index (χ3v) is 4.32. The Labute approximate surface area is 147 Å². The highest BCUT2D eigenvalue weighted by atomic mass is 16.5. The monoisotopic (exact) mass is 335 g/mol. The van der Waals surface area contributed by atoms with Gasteiger partial charge in [0.15, 0.2) is 0 Å². The zero-order valence-corrected chi connectivity index (χ0v) is 14.7. The van der Waals surface area contributed by atoms with Crippen molar-refractivity contribution in [3.63, 3.8) is 0 Å². The van der Waals surface area contributed by atoms with Crippen LogP contribution in [0.3, 0.4) is 0 Å². The normalized spacial score (nSPS) is 14.8. The van der Waals surface area contributed by atoms with Gasteiger partial charge in [-0.15, -0.1) is 0 Å². The van der Waals surface area contributed by atoms with Crippen LogP contribution in [0.4, 0.5) is 5.69 Å². The Morgan fingerprint density at radius 1 is 1.16 bits per heavy atom. The number of ether oxygens (including phenoxy) is 1. The lowest BCUT2D eigenvalue weighted by Crippen LogP contribution is -2.30. The van der Waals surface area contributed by atoms with Crippen LogP contribution in [0.5, 0.6) is 0 Å². The van der Waals surface area contributed by atoms with Crippen LogP contribution >= 0.6 is 0 Å². The molecule has 3 rings (SSSR count). The van der Waals surface area contributed by atoms with Crippen LogP contribution in [-0.4, -0.2) is 25.0 Å². The summed E-state index contributed by atoms with van der Waals surface area (Å²) in [5, 5.41) is 0. The summed E-state index contributed by atoms with van der Waals surface area (Å²) >= 11 is 0. The van der Waals surface area contributed by atoms with Crippen LogP contribution in [0.15, 0.2) is 42.5 Å². The lowest BCUT2D eigenvalue weighted by molar-refractivity contribution is -0.140. The second-order valence-corrected chi connectivity index (χ2v) is 6.23. The van der Waals surface area contributed by atoms with Gasteiger partial charge in [0.1, 0.15) is 6.61 Å². The first-order valence-corrected chi connectivity index (χ1v) is 8.31. The first kappa shape index (κ1) is 17.0. The lowest BCUT2D eigenvalue weighted by Gasteiger charge is -2.16. The number of benzene rings is 2. The number of amides is 1. The predicted molar refractivity (Wildman–Crippen MR) is 99.2 cm³/mol. The molecular formula is C21H21NO3. The van der Waals surface area contributed by atoms with Gasteiger partial charge in [-0.05, 0) is 37.1 Å². The van der Waals surface area contributed by atoms with Gasteiger partial charge in [0.25, 0.3) is 5.91 Å². The van der Waals surface area contributed by atoms with Gasteiger partial charge in [0.05, 0.1) is 12.2 Å². The summed E-state index contributed by atoms with van der Waals surface area (Å²) < 4.78 is 5.00. The van der Waals surface area contributed by atoms with E-state index in [1.807, 2.05) is 44.2 Å². The molecule has 1 amide bonds. The average Bonchev–Trinajstić information content (AvgIpc) is 2.84. The predicted octanol–water partition coefficient (Wildman–Crippen LogP) is 3.75. The molecule has 1 aliphatic heterocycles. The number of para-hydroxylation sites is 1. The number of anilines is 1. The van der Waals surface area contributed by atoms with Crippen LogP contribution in [0.1, 0.15) is 29.2 Å². The topological polar surface area (TPSA) is 46.6 Å². The van der Waals surface area contributed by atoms with Crippen LogP contribution < -0.4 is 4.90 Å². The molecule has 0 saturated heterocycles. The molecule has 0 atom stereocenters. The molecule has 0 N–H and O–H groups in total. The van der Waals surface area contributed by atoms with Gasteiger partial charge in [-0.25, -0.2) is 0 Å². The number of hydrogen-bond donors (Lipinski definition) is 0. The van der Waals surface area contributed by atoms with Crippen molar-refractivity contribution in [2.24, 2.45) is 0 Å². The van der Waals surface area contributed by atoms with Gasteiger partial charge in [0, 0.05) is 18.1 Å². The molecule has 2 aromatic rings. The van der Waals surface area contributed by atoms with Gasteiger partial charge in [-0.1, -0.05) is 42.0 Å². The zero-order valence-electron chi connectivity index (χ0n) is 14.7. The minimum atomic E-state index is -0.342. The van der Waals surface area contributed by atoms with Crippen LogP contribution in [-0.2, 0) is 14.3 Å². The largest absolute Gasteiger partial charge is 0.464 e. The van der Waals surface area contributed by atoms with Crippen molar-refractivity contribution in [2.45, 2.75) is 20.8 Å². The molecule has 1 aliphatic rings. The molecule has 25 heavy (non-hydrogen) atoms. The summed E-state index contributed by atoms with van der Waals surface area (Å²) in [6.45, 7) is 5.98. The average molecular weight is 335 g/mol. The Balaban J connectivity index is 1.98. The molecule has 0 aromatic heterocycles. The van der Waals surface area contributed by atoms with Gasteiger partial charge in [0.2, 0.25) is 0 Å². The number of carbonyl (C=O) groups is 2. The van der Waals surface area contributed by atoms with Crippen LogP contribution in [0.25, 0.3) is 11.6 Å². The fourth-order valence-electron chi connectivity index (χ4n) is 3.02. The zero-order chi connectivity index (χ0) is 18.0. The summed E-state index contributed by atoms with van der Waals surface area (Å²) in [4.78, 5) is 25.6. The van der Waals surface area contributed by atoms with Crippen LogP contribution in [0, 0.1) is 13.8 Å². The fourth-order valence-corrected chi connectivity index (χ4v) is 3.02. The third kappa shape index (κ3) is 3.48. The summed E-state index contributed by atoms with van der Waals surface area (Å²) in [7, 11) is 0. The van der Waals surface area contributed by atoms with Crippen molar-refractivity contribution in [3.05, 3.63) is 64.7 Å². The number of rotatable bonds is 4. The minimum Gasteiger partial charge on any atom is -0.464 e. The lowest BCUT2D eigenvalue weighted by atomic mass is 10.00. The fraction of sp³-hybridized carbons (Fsp3) is 0.238. The molecule has 2 aromatic carbocycles. The van der Waals surface area contributed by atoms with Crippen molar-refractivity contribution >= 4 is 29.2 Å². The first-order chi connectivity index (χ1) is 12.0. The van der Waals surface area contributed by atoms with E-state index in [1.54, 1.807) is 4.90 Å². The molecule has 1 heterocycles. The van der Waals surface area contributed by atoms with E-state index in [1.165, 1.54) is 6.92 Å². The maximum absolute atomic E-state index is 13.0. The van der Waals surface area contributed by atoms with Crippen molar-refractivity contribution in [1.29, 1.82) is 0 Å². The molecule has 0 fully saturated rings. The Hall–Kier alpha value is -2.88. The van der Waals surface area contributed by atoms with Crippen molar-refractivity contribution in [3.8, 4) is 0 Å². The van der Waals surface area contributed by atoms with Gasteiger partial charge < -0.3 is 9.64 Å². The van der Waals surface area contributed by atoms with E-state index in [9.17, 15) is 9.59 Å². The molecular weight excluding hydrogens is 314 g/mol. The molecule has 0 saturated carbocycles. The standard InChI is InChI=1S/C21H21NO3/c1-14-8-9-15(2)17(12-14)13-19-18-6-4-5-7-20(18)22(21(19)24)10-11-25-16(3)23/h4-9,12-13H,10-11H2,1-3H3. The van der Waals surface area contributed by atoms with E-state index in [-0.39, 0.29) is 18.5 Å². The molecule has 4 heteroatoms. The van der Waals surface area contributed by atoms with Crippen molar-refractivity contribution in [2.75, 3.05) is 18.1 Å². The number of nitrogens with zero attached hydrogens (tertiary/aromatic N) is 1. The highest BCUT2D eigenvalue weighted by molar-refractivity contribution is 6.35. The maximum Gasteiger partial charge on any atom is 0.302 e. The van der Waals surface area contributed by atoms with Crippen molar-refractivity contribution < 1.29 is 14.3 Å². The van der Waals surface area contributed by atoms with E-state index < -0.39 is 0 Å². The Morgan fingerprint density at radius 2 is 1.92 bits per heavy atom. The molecule has 4 nitrogen and oxygen atoms in total. The highest BCUT2D eigenvalue weighted by Gasteiger charge is 2.31.